The first-order chi connectivity index (χ1) is 12.2. The molecule has 0 saturated carbocycles. The van der Waals surface area contributed by atoms with Gasteiger partial charge in [-0.25, -0.2) is 13.1 Å². The van der Waals surface area contributed by atoms with Gasteiger partial charge in [0.15, 0.2) is 0 Å². The lowest BCUT2D eigenvalue weighted by Gasteiger charge is -2.09. The molecule has 0 amide bonds. The summed E-state index contributed by atoms with van der Waals surface area (Å²) in [5.74, 6) is -0.114. The maximum atomic E-state index is 12.3. The number of fused-ring (bicyclic) bond motifs is 1. The van der Waals surface area contributed by atoms with Gasteiger partial charge in [-0.1, -0.05) is 35.9 Å². The summed E-state index contributed by atoms with van der Waals surface area (Å²) in [7, 11) is -3.54. The van der Waals surface area contributed by atoms with Gasteiger partial charge in [0.2, 0.25) is 10.0 Å². The third kappa shape index (κ3) is 4.20. The van der Waals surface area contributed by atoms with Gasteiger partial charge < -0.3 is 4.98 Å². The number of aromatic amines is 1. The van der Waals surface area contributed by atoms with Crippen molar-refractivity contribution in [3.05, 3.63) is 80.6 Å². The lowest BCUT2D eigenvalue weighted by Crippen LogP contribution is -2.28. The second-order valence-electron chi connectivity index (χ2n) is 6.73. The first-order valence-electron chi connectivity index (χ1n) is 8.39. The molecule has 2 N–H and O–H groups in total. The first-order valence-corrected chi connectivity index (χ1v) is 10.0. The molecule has 3 rings (SSSR count). The van der Waals surface area contributed by atoms with E-state index in [4.69, 9.17) is 0 Å². The van der Waals surface area contributed by atoms with E-state index in [2.05, 4.69) is 9.71 Å². The third-order valence-corrected chi connectivity index (χ3v) is 5.65. The summed E-state index contributed by atoms with van der Waals surface area (Å²) in [4.78, 5) is 15.1. The van der Waals surface area contributed by atoms with Crippen LogP contribution in [-0.4, -0.2) is 13.4 Å². The Morgan fingerprint density at radius 3 is 2.35 bits per heavy atom. The molecule has 136 valence electrons. The second kappa shape index (κ2) is 7.05. The minimum Gasteiger partial charge on any atom is -0.322 e. The zero-order valence-corrected chi connectivity index (χ0v) is 15.9. The Hall–Kier alpha value is -2.44. The average Bonchev–Trinajstić information content (AvgIpc) is 2.55. The summed E-state index contributed by atoms with van der Waals surface area (Å²) in [6, 6.07) is 13.1. The zero-order chi connectivity index (χ0) is 18.9. The van der Waals surface area contributed by atoms with Gasteiger partial charge in [0.05, 0.1) is 5.75 Å². The number of rotatable bonds is 5. The summed E-state index contributed by atoms with van der Waals surface area (Å²) in [6.07, 6.45) is 0. The SMILES string of the molecule is Cc1ccc(CS(=O)(=O)NCc2cc3c(C)cc(C)cc3[nH]c2=O)cc1. The van der Waals surface area contributed by atoms with Gasteiger partial charge in [0, 0.05) is 23.0 Å². The maximum absolute atomic E-state index is 12.3. The molecule has 0 radical (unpaired) electrons. The predicted octanol–water partition coefficient (Wildman–Crippen LogP) is 3.07. The Morgan fingerprint density at radius 1 is 0.962 bits per heavy atom. The summed E-state index contributed by atoms with van der Waals surface area (Å²) >= 11 is 0. The Morgan fingerprint density at radius 2 is 1.65 bits per heavy atom. The van der Waals surface area contributed by atoms with Crippen LogP contribution >= 0.6 is 0 Å². The Kier molecular flexibility index (Phi) is 4.98. The van der Waals surface area contributed by atoms with Crippen molar-refractivity contribution in [1.82, 2.24) is 9.71 Å². The lowest BCUT2D eigenvalue weighted by molar-refractivity contribution is 0.580. The van der Waals surface area contributed by atoms with E-state index < -0.39 is 10.0 Å². The van der Waals surface area contributed by atoms with E-state index in [0.717, 1.165) is 27.6 Å². The van der Waals surface area contributed by atoms with Gasteiger partial charge in [-0.3, -0.25) is 4.79 Å². The number of hydrogen-bond donors (Lipinski definition) is 2. The predicted molar refractivity (Wildman–Crippen MR) is 105 cm³/mol. The van der Waals surface area contributed by atoms with Crippen molar-refractivity contribution < 1.29 is 8.42 Å². The van der Waals surface area contributed by atoms with Crippen LogP contribution in [0.4, 0.5) is 0 Å². The van der Waals surface area contributed by atoms with Crippen LogP contribution in [0.2, 0.25) is 0 Å². The summed E-state index contributed by atoms with van der Waals surface area (Å²) in [5, 5.41) is 0.919. The summed E-state index contributed by atoms with van der Waals surface area (Å²) in [5.41, 5.74) is 4.78. The van der Waals surface area contributed by atoms with Gasteiger partial charge in [-0.2, -0.15) is 0 Å². The molecule has 0 aliphatic carbocycles. The highest BCUT2D eigenvalue weighted by molar-refractivity contribution is 7.88. The van der Waals surface area contributed by atoms with Gasteiger partial charge in [0.25, 0.3) is 5.56 Å². The van der Waals surface area contributed by atoms with Crippen LogP contribution in [0.3, 0.4) is 0 Å². The van der Waals surface area contributed by atoms with E-state index in [0.29, 0.717) is 11.1 Å². The van der Waals surface area contributed by atoms with E-state index in [9.17, 15) is 13.2 Å². The number of aryl methyl sites for hydroxylation is 3. The van der Waals surface area contributed by atoms with E-state index in [1.807, 2.05) is 45.0 Å². The van der Waals surface area contributed by atoms with Gasteiger partial charge in [0.1, 0.15) is 0 Å². The van der Waals surface area contributed by atoms with Crippen molar-refractivity contribution in [2.75, 3.05) is 0 Å². The molecule has 1 heterocycles. The van der Waals surface area contributed by atoms with E-state index in [-0.39, 0.29) is 17.9 Å². The first kappa shape index (κ1) is 18.4. The number of sulfonamides is 1. The average molecular weight is 370 g/mol. The van der Waals surface area contributed by atoms with Crippen LogP contribution in [-0.2, 0) is 22.3 Å². The number of nitrogens with one attached hydrogen (secondary N) is 2. The van der Waals surface area contributed by atoms with Crippen LogP contribution in [0.25, 0.3) is 10.9 Å². The van der Waals surface area contributed by atoms with Gasteiger partial charge in [-0.15, -0.1) is 0 Å². The van der Waals surface area contributed by atoms with Gasteiger partial charge in [-0.05, 0) is 49.6 Å². The van der Waals surface area contributed by atoms with E-state index in [1.165, 1.54) is 0 Å². The molecule has 0 aliphatic heterocycles. The number of benzene rings is 2. The molecule has 0 spiro atoms. The highest BCUT2D eigenvalue weighted by Crippen LogP contribution is 2.18. The monoisotopic (exact) mass is 370 g/mol. The molecule has 3 aromatic rings. The Labute approximate surface area is 153 Å². The number of aromatic nitrogens is 1. The topological polar surface area (TPSA) is 79.0 Å². The fourth-order valence-electron chi connectivity index (χ4n) is 2.99. The molecule has 6 heteroatoms. The molecule has 0 aliphatic rings. The number of hydrogen-bond acceptors (Lipinski definition) is 3. The fraction of sp³-hybridized carbons (Fsp3) is 0.250. The lowest BCUT2D eigenvalue weighted by atomic mass is 10.0. The number of H-pyrrole nitrogens is 1. The van der Waals surface area contributed by atoms with Crippen LogP contribution < -0.4 is 10.3 Å². The summed E-state index contributed by atoms with van der Waals surface area (Å²) < 4.78 is 27.2. The molecule has 0 fully saturated rings. The molecular weight excluding hydrogens is 348 g/mol. The zero-order valence-electron chi connectivity index (χ0n) is 15.1. The van der Waals surface area contributed by atoms with Crippen molar-refractivity contribution >= 4 is 20.9 Å². The molecule has 5 nitrogen and oxygen atoms in total. The standard InChI is InChI=1S/C20H22N2O3S/c1-13-4-6-16(7-5-13)12-26(24,25)21-11-17-10-18-15(3)8-14(2)9-19(18)22-20(17)23/h4-10,21H,11-12H2,1-3H3,(H,22,23). The van der Waals surface area contributed by atoms with Crippen molar-refractivity contribution in [1.29, 1.82) is 0 Å². The minimum atomic E-state index is -3.54. The second-order valence-corrected chi connectivity index (χ2v) is 8.54. The van der Waals surface area contributed by atoms with E-state index in [1.54, 1.807) is 18.2 Å². The van der Waals surface area contributed by atoms with Crippen LogP contribution in [0.1, 0.15) is 27.8 Å². The van der Waals surface area contributed by atoms with Crippen molar-refractivity contribution in [3.8, 4) is 0 Å². The van der Waals surface area contributed by atoms with E-state index >= 15 is 0 Å². The Bertz CT molecular complexity index is 1110. The maximum Gasteiger partial charge on any atom is 0.252 e. The normalized spacial score (nSPS) is 11.8. The molecular formula is C20H22N2O3S. The quantitative estimate of drug-likeness (QED) is 0.724. The highest BCUT2D eigenvalue weighted by Gasteiger charge is 2.13. The molecule has 26 heavy (non-hydrogen) atoms. The molecule has 1 aromatic heterocycles. The molecule has 0 unspecified atom stereocenters. The Balaban J connectivity index is 1.81. The fourth-order valence-corrected chi connectivity index (χ4v) is 4.10. The smallest absolute Gasteiger partial charge is 0.252 e. The largest absolute Gasteiger partial charge is 0.322 e. The van der Waals surface area contributed by atoms with Crippen molar-refractivity contribution in [3.63, 3.8) is 0 Å². The van der Waals surface area contributed by atoms with Crippen LogP contribution in [0, 0.1) is 20.8 Å². The van der Waals surface area contributed by atoms with Crippen molar-refractivity contribution in [2.45, 2.75) is 33.1 Å². The summed E-state index contributed by atoms with van der Waals surface area (Å²) in [6.45, 7) is 5.86. The molecule has 0 atom stereocenters. The molecule has 2 aromatic carbocycles. The minimum absolute atomic E-state index is 0.0349. The van der Waals surface area contributed by atoms with Crippen LogP contribution in [0.5, 0.6) is 0 Å². The van der Waals surface area contributed by atoms with Gasteiger partial charge >= 0.3 is 0 Å². The van der Waals surface area contributed by atoms with Crippen molar-refractivity contribution in [2.24, 2.45) is 0 Å². The molecule has 0 saturated heterocycles. The molecule has 0 bridgehead atoms. The third-order valence-electron chi connectivity index (χ3n) is 4.35. The number of pyridine rings is 1. The highest BCUT2D eigenvalue weighted by atomic mass is 32.2. The van der Waals surface area contributed by atoms with Crippen LogP contribution in [0.15, 0.2) is 47.3 Å².